The van der Waals surface area contributed by atoms with Crippen molar-refractivity contribution in [2.24, 2.45) is 0 Å². The van der Waals surface area contributed by atoms with E-state index in [4.69, 9.17) is 0 Å². The average Bonchev–Trinajstić information content (AvgIpc) is 2.33. The van der Waals surface area contributed by atoms with Crippen LogP contribution in [0.5, 0.6) is 0 Å². The molecule has 0 aromatic heterocycles. The molecule has 5 heteroatoms. The van der Waals surface area contributed by atoms with E-state index in [9.17, 15) is 17.6 Å². The molecule has 0 bridgehead atoms. The van der Waals surface area contributed by atoms with Gasteiger partial charge in [-0.05, 0) is 36.8 Å². The molecular formula is C14H9BrF4. The van der Waals surface area contributed by atoms with Crippen LogP contribution in [0.3, 0.4) is 0 Å². The number of hydrogen-bond acceptors (Lipinski definition) is 0. The van der Waals surface area contributed by atoms with Crippen LogP contribution in [0.1, 0.15) is 21.5 Å². The van der Waals surface area contributed by atoms with E-state index in [2.05, 4.69) is 15.9 Å². The van der Waals surface area contributed by atoms with E-state index in [1.807, 2.05) is 0 Å². The predicted molar refractivity (Wildman–Crippen MR) is 68.2 cm³/mol. The molecule has 2 rings (SSSR count). The Balaban J connectivity index is 2.56. The first kappa shape index (κ1) is 14.1. The summed E-state index contributed by atoms with van der Waals surface area (Å²) in [4.78, 5) is -1.09. The molecule has 100 valence electrons. The van der Waals surface area contributed by atoms with Crippen molar-refractivity contribution in [2.45, 2.75) is 11.8 Å². The van der Waals surface area contributed by atoms with Crippen molar-refractivity contribution in [3.63, 3.8) is 0 Å². The second-order valence-corrected chi connectivity index (χ2v) is 5.04. The monoisotopic (exact) mass is 332 g/mol. The molecule has 0 heterocycles. The standard InChI is InChI=1S/C14H9BrF4/c1-7-5-12(19)8(6-11(7)18)14(15)13-9(16)3-2-4-10(13)17/h2-6,14H,1H3. The minimum atomic E-state index is -1.09. The van der Waals surface area contributed by atoms with Crippen molar-refractivity contribution in [1.82, 2.24) is 0 Å². The molecule has 0 aliphatic rings. The summed E-state index contributed by atoms with van der Waals surface area (Å²) in [6, 6.07) is 5.28. The number of alkyl halides is 1. The smallest absolute Gasteiger partial charge is 0.130 e. The Morgan fingerprint density at radius 1 is 0.895 bits per heavy atom. The van der Waals surface area contributed by atoms with Gasteiger partial charge in [0.1, 0.15) is 23.3 Å². The van der Waals surface area contributed by atoms with Crippen LogP contribution in [-0.2, 0) is 0 Å². The second kappa shape index (κ2) is 5.33. The molecule has 0 aliphatic heterocycles. The Morgan fingerprint density at radius 3 is 2.05 bits per heavy atom. The predicted octanol–water partition coefficient (Wildman–Crippen LogP) is 5.04. The fourth-order valence-electron chi connectivity index (χ4n) is 1.76. The quantitative estimate of drug-likeness (QED) is 0.534. The lowest BCUT2D eigenvalue weighted by Crippen LogP contribution is -2.04. The summed E-state index contributed by atoms with van der Waals surface area (Å²) in [5.41, 5.74) is -0.355. The largest absolute Gasteiger partial charge is 0.207 e. The average molecular weight is 333 g/mol. The first-order valence-corrected chi connectivity index (χ1v) is 6.37. The van der Waals surface area contributed by atoms with E-state index in [1.54, 1.807) is 0 Å². The van der Waals surface area contributed by atoms with Crippen LogP contribution < -0.4 is 0 Å². The van der Waals surface area contributed by atoms with E-state index < -0.39 is 28.1 Å². The van der Waals surface area contributed by atoms with Crippen LogP contribution in [0, 0.1) is 30.2 Å². The van der Waals surface area contributed by atoms with Crippen molar-refractivity contribution in [3.05, 3.63) is 70.3 Å². The van der Waals surface area contributed by atoms with Crippen molar-refractivity contribution in [2.75, 3.05) is 0 Å². The summed E-state index contributed by atoms with van der Waals surface area (Å²) in [7, 11) is 0. The van der Waals surface area contributed by atoms with Gasteiger partial charge >= 0.3 is 0 Å². The molecule has 2 aromatic rings. The van der Waals surface area contributed by atoms with Gasteiger partial charge in [0, 0.05) is 11.1 Å². The zero-order valence-electron chi connectivity index (χ0n) is 9.85. The highest BCUT2D eigenvalue weighted by atomic mass is 79.9. The molecular weight excluding hydrogens is 324 g/mol. The maximum atomic E-state index is 13.8. The molecule has 0 amide bonds. The summed E-state index contributed by atoms with van der Waals surface area (Å²) < 4.78 is 54.5. The third-order valence-electron chi connectivity index (χ3n) is 2.80. The van der Waals surface area contributed by atoms with Crippen LogP contribution in [-0.4, -0.2) is 0 Å². The maximum Gasteiger partial charge on any atom is 0.130 e. The van der Waals surface area contributed by atoms with Gasteiger partial charge in [-0.25, -0.2) is 17.6 Å². The highest BCUT2D eigenvalue weighted by Crippen LogP contribution is 2.36. The minimum Gasteiger partial charge on any atom is -0.207 e. The van der Waals surface area contributed by atoms with Gasteiger partial charge in [-0.15, -0.1) is 0 Å². The van der Waals surface area contributed by atoms with Gasteiger partial charge in [-0.2, -0.15) is 0 Å². The Kier molecular flexibility index (Phi) is 3.94. The van der Waals surface area contributed by atoms with Crippen molar-refractivity contribution >= 4 is 15.9 Å². The molecule has 1 atom stereocenters. The normalized spacial score (nSPS) is 12.5. The molecule has 0 saturated heterocycles. The van der Waals surface area contributed by atoms with E-state index >= 15 is 0 Å². The van der Waals surface area contributed by atoms with E-state index in [-0.39, 0.29) is 16.7 Å². The summed E-state index contributed by atoms with van der Waals surface area (Å²) in [5, 5.41) is 0. The van der Waals surface area contributed by atoms with Crippen LogP contribution in [0.15, 0.2) is 30.3 Å². The van der Waals surface area contributed by atoms with Gasteiger partial charge in [0.15, 0.2) is 0 Å². The summed E-state index contributed by atoms with van der Waals surface area (Å²) >= 11 is 3.02. The summed E-state index contributed by atoms with van der Waals surface area (Å²) in [6.07, 6.45) is 0. The highest BCUT2D eigenvalue weighted by Gasteiger charge is 2.23. The molecule has 1 unspecified atom stereocenters. The fourth-order valence-corrected chi connectivity index (χ4v) is 2.55. The lowest BCUT2D eigenvalue weighted by Gasteiger charge is -2.14. The van der Waals surface area contributed by atoms with Crippen LogP contribution >= 0.6 is 15.9 Å². The van der Waals surface area contributed by atoms with Crippen LogP contribution in [0.4, 0.5) is 17.6 Å². The first-order valence-electron chi connectivity index (χ1n) is 5.45. The third kappa shape index (κ3) is 2.66. The zero-order valence-corrected chi connectivity index (χ0v) is 11.4. The molecule has 19 heavy (non-hydrogen) atoms. The number of benzene rings is 2. The van der Waals surface area contributed by atoms with Crippen molar-refractivity contribution in [3.8, 4) is 0 Å². The van der Waals surface area contributed by atoms with Gasteiger partial charge in [0.25, 0.3) is 0 Å². The van der Waals surface area contributed by atoms with Gasteiger partial charge in [-0.3, -0.25) is 0 Å². The number of halogens is 5. The number of aryl methyl sites for hydroxylation is 1. The second-order valence-electron chi connectivity index (χ2n) is 4.12. The molecule has 0 spiro atoms. The third-order valence-corrected chi connectivity index (χ3v) is 3.76. The molecule has 0 N–H and O–H groups in total. The topological polar surface area (TPSA) is 0 Å². The zero-order chi connectivity index (χ0) is 14.2. The molecule has 0 nitrogen and oxygen atoms in total. The lowest BCUT2D eigenvalue weighted by atomic mass is 10.0. The van der Waals surface area contributed by atoms with E-state index in [1.165, 1.54) is 13.0 Å². The Bertz CT molecular complexity index is 605. The SMILES string of the molecule is Cc1cc(F)c(C(Br)c2c(F)cccc2F)cc1F. The first-order chi connectivity index (χ1) is 8.91. The Labute approximate surface area is 116 Å². The molecule has 0 radical (unpaired) electrons. The van der Waals surface area contributed by atoms with Gasteiger partial charge < -0.3 is 0 Å². The number of rotatable bonds is 2. The summed E-state index contributed by atoms with van der Waals surface area (Å²) in [6.45, 7) is 1.41. The Morgan fingerprint density at radius 2 is 1.47 bits per heavy atom. The molecule has 0 fully saturated rings. The van der Waals surface area contributed by atoms with E-state index in [0.717, 1.165) is 24.3 Å². The molecule has 0 saturated carbocycles. The van der Waals surface area contributed by atoms with Crippen molar-refractivity contribution in [1.29, 1.82) is 0 Å². The van der Waals surface area contributed by atoms with E-state index in [0.29, 0.717) is 0 Å². The van der Waals surface area contributed by atoms with Gasteiger partial charge in [-0.1, -0.05) is 22.0 Å². The van der Waals surface area contributed by atoms with Crippen LogP contribution in [0.25, 0.3) is 0 Å². The highest BCUT2D eigenvalue weighted by molar-refractivity contribution is 9.09. The van der Waals surface area contributed by atoms with Gasteiger partial charge in [0.05, 0.1) is 4.83 Å². The van der Waals surface area contributed by atoms with Crippen molar-refractivity contribution < 1.29 is 17.6 Å². The van der Waals surface area contributed by atoms with Gasteiger partial charge in [0.2, 0.25) is 0 Å². The molecule has 2 aromatic carbocycles. The number of hydrogen-bond donors (Lipinski definition) is 0. The minimum absolute atomic E-state index is 0.134. The summed E-state index contributed by atoms with van der Waals surface area (Å²) in [5.74, 6) is -2.98. The Hall–Kier alpha value is -1.36. The fraction of sp³-hybridized carbons (Fsp3) is 0.143. The maximum absolute atomic E-state index is 13.8. The molecule has 0 aliphatic carbocycles. The van der Waals surface area contributed by atoms with Crippen LogP contribution in [0.2, 0.25) is 0 Å². The lowest BCUT2D eigenvalue weighted by molar-refractivity contribution is 0.550.